The first-order chi connectivity index (χ1) is 6.61. The van der Waals surface area contributed by atoms with Gasteiger partial charge in [-0.3, -0.25) is 0 Å². The van der Waals surface area contributed by atoms with E-state index in [4.69, 9.17) is 15.6 Å². The van der Waals surface area contributed by atoms with E-state index in [0.717, 1.165) is 0 Å². The molecule has 14 heavy (non-hydrogen) atoms. The molecule has 1 saturated heterocycles. The van der Waals surface area contributed by atoms with Crippen molar-refractivity contribution < 1.29 is 20.1 Å². The van der Waals surface area contributed by atoms with Gasteiger partial charge in [-0.25, -0.2) is 0 Å². The Morgan fingerprint density at radius 3 is 2.43 bits per heavy atom. The third-order valence-electron chi connectivity index (χ3n) is 2.48. The number of nitrogens with two attached hydrogens (primary N) is 1. The number of aliphatic hydroxyl groups excluding tert-OH is 3. The summed E-state index contributed by atoms with van der Waals surface area (Å²) in [6, 6.07) is -0.647. The minimum absolute atomic E-state index is 0.335. The zero-order valence-corrected chi connectivity index (χ0v) is 7.91. The molecule has 5 heteroatoms. The average Bonchev–Trinajstić information content (AvgIpc) is 2.19. The first-order valence-corrected chi connectivity index (χ1v) is 4.60. The molecular weight excluding hydrogens is 186 g/mol. The Morgan fingerprint density at radius 2 is 1.93 bits per heavy atom. The second-order valence-corrected chi connectivity index (χ2v) is 3.48. The van der Waals surface area contributed by atoms with Crippen LogP contribution in [0.4, 0.5) is 0 Å². The third-order valence-corrected chi connectivity index (χ3v) is 2.48. The largest absolute Gasteiger partial charge is 0.394 e. The molecule has 82 valence electrons. The lowest BCUT2D eigenvalue weighted by Gasteiger charge is -2.40. The van der Waals surface area contributed by atoms with E-state index in [2.05, 4.69) is 6.58 Å². The van der Waals surface area contributed by atoms with Gasteiger partial charge in [-0.05, 0) is 6.42 Å². The molecule has 1 aliphatic rings. The summed E-state index contributed by atoms with van der Waals surface area (Å²) in [6.45, 7) is 3.21. The zero-order chi connectivity index (χ0) is 10.7. The molecule has 0 spiro atoms. The third kappa shape index (κ3) is 2.13. The van der Waals surface area contributed by atoms with Crippen LogP contribution in [0.2, 0.25) is 0 Å². The topological polar surface area (TPSA) is 95.9 Å². The average molecular weight is 203 g/mol. The molecule has 5 N–H and O–H groups in total. The van der Waals surface area contributed by atoms with Crippen molar-refractivity contribution >= 4 is 0 Å². The summed E-state index contributed by atoms with van der Waals surface area (Å²) in [6.07, 6.45) is -1.25. The van der Waals surface area contributed by atoms with Gasteiger partial charge in [0.1, 0.15) is 18.3 Å². The Bertz CT molecular complexity index is 197. The van der Waals surface area contributed by atoms with Gasteiger partial charge in [-0.2, -0.15) is 0 Å². The van der Waals surface area contributed by atoms with Crippen molar-refractivity contribution in [2.24, 2.45) is 5.73 Å². The van der Waals surface area contributed by atoms with Crippen LogP contribution in [0.1, 0.15) is 6.42 Å². The molecule has 5 atom stereocenters. The molecule has 5 nitrogen and oxygen atoms in total. The molecule has 0 amide bonds. The fourth-order valence-electron chi connectivity index (χ4n) is 1.59. The van der Waals surface area contributed by atoms with Gasteiger partial charge in [-0.1, -0.05) is 6.08 Å². The minimum Gasteiger partial charge on any atom is -0.394 e. The van der Waals surface area contributed by atoms with E-state index in [0.29, 0.717) is 6.42 Å². The lowest BCUT2D eigenvalue weighted by Crippen LogP contribution is -2.61. The van der Waals surface area contributed by atoms with Crippen LogP contribution in [0.3, 0.4) is 0 Å². The van der Waals surface area contributed by atoms with E-state index in [1.807, 2.05) is 0 Å². The van der Waals surface area contributed by atoms with Crippen molar-refractivity contribution in [2.45, 2.75) is 36.9 Å². The van der Waals surface area contributed by atoms with Crippen LogP contribution in [0, 0.1) is 0 Å². The number of rotatable bonds is 3. The van der Waals surface area contributed by atoms with Crippen molar-refractivity contribution in [1.29, 1.82) is 0 Å². The van der Waals surface area contributed by atoms with Gasteiger partial charge < -0.3 is 25.8 Å². The predicted molar refractivity (Wildman–Crippen MR) is 50.5 cm³/mol. The number of hydrogen-bond acceptors (Lipinski definition) is 5. The molecule has 4 unspecified atom stereocenters. The summed E-state index contributed by atoms with van der Waals surface area (Å²) in [5.41, 5.74) is 5.65. The highest BCUT2D eigenvalue weighted by molar-refractivity contribution is 4.96. The fraction of sp³-hybridized carbons (Fsp3) is 0.778. The van der Waals surface area contributed by atoms with Crippen molar-refractivity contribution in [2.75, 3.05) is 6.61 Å². The lowest BCUT2D eigenvalue weighted by molar-refractivity contribution is -0.187. The number of aliphatic hydroxyl groups is 3. The molecule has 1 fully saturated rings. The highest BCUT2D eigenvalue weighted by Crippen LogP contribution is 2.21. The van der Waals surface area contributed by atoms with E-state index in [1.165, 1.54) is 0 Å². The maximum atomic E-state index is 9.54. The monoisotopic (exact) mass is 203 g/mol. The fourth-order valence-corrected chi connectivity index (χ4v) is 1.59. The molecule has 1 heterocycles. The first kappa shape index (κ1) is 11.6. The van der Waals surface area contributed by atoms with Gasteiger partial charge in [0.15, 0.2) is 0 Å². The maximum Gasteiger partial charge on any atom is 0.110 e. The van der Waals surface area contributed by atoms with Gasteiger partial charge in [0.25, 0.3) is 0 Å². The molecule has 0 aliphatic carbocycles. The molecule has 0 bridgehead atoms. The van der Waals surface area contributed by atoms with Gasteiger partial charge in [0, 0.05) is 0 Å². The van der Waals surface area contributed by atoms with Gasteiger partial charge in [0.05, 0.1) is 18.8 Å². The Balaban J connectivity index is 2.67. The van der Waals surface area contributed by atoms with Crippen LogP contribution in [0.25, 0.3) is 0 Å². The molecular formula is C9H17NO4. The number of hydrogen-bond donors (Lipinski definition) is 4. The van der Waals surface area contributed by atoms with Crippen molar-refractivity contribution in [3.63, 3.8) is 0 Å². The molecule has 1 aliphatic heterocycles. The lowest BCUT2D eigenvalue weighted by atomic mass is 9.92. The SMILES string of the molecule is C=CC[C@H]1OC(CO)C(O)C(O)C1N. The summed E-state index contributed by atoms with van der Waals surface area (Å²) in [5.74, 6) is 0. The van der Waals surface area contributed by atoms with Gasteiger partial charge in [-0.15, -0.1) is 6.58 Å². The Hall–Kier alpha value is -0.460. The van der Waals surface area contributed by atoms with Crippen LogP contribution < -0.4 is 5.73 Å². The highest BCUT2D eigenvalue weighted by Gasteiger charge is 2.41. The van der Waals surface area contributed by atoms with E-state index < -0.39 is 30.5 Å². The molecule has 0 aromatic rings. The van der Waals surface area contributed by atoms with Crippen LogP contribution >= 0.6 is 0 Å². The summed E-state index contributed by atoms with van der Waals surface area (Å²) in [7, 11) is 0. The maximum absolute atomic E-state index is 9.54. The van der Waals surface area contributed by atoms with E-state index >= 15 is 0 Å². The van der Waals surface area contributed by atoms with Crippen LogP contribution in [-0.4, -0.2) is 52.4 Å². The Kier molecular flexibility index (Phi) is 4.03. The second kappa shape index (κ2) is 4.86. The molecule has 1 rings (SSSR count). The molecule has 0 saturated carbocycles. The Morgan fingerprint density at radius 1 is 1.29 bits per heavy atom. The molecule has 0 aromatic carbocycles. The zero-order valence-electron chi connectivity index (χ0n) is 7.91. The van der Waals surface area contributed by atoms with Crippen LogP contribution in [0.15, 0.2) is 12.7 Å². The predicted octanol–water partition coefficient (Wildman–Crippen LogP) is -1.63. The smallest absolute Gasteiger partial charge is 0.110 e. The van der Waals surface area contributed by atoms with E-state index in [1.54, 1.807) is 6.08 Å². The highest BCUT2D eigenvalue weighted by atomic mass is 16.5. The van der Waals surface area contributed by atoms with Gasteiger partial charge >= 0.3 is 0 Å². The van der Waals surface area contributed by atoms with Crippen molar-refractivity contribution in [1.82, 2.24) is 0 Å². The van der Waals surface area contributed by atoms with Crippen molar-refractivity contribution in [3.8, 4) is 0 Å². The molecule has 0 aromatic heterocycles. The number of ether oxygens (including phenoxy) is 1. The second-order valence-electron chi connectivity index (χ2n) is 3.48. The minimum atomic E-state index is -1.13. The standard InChI is InChI=1S/C9H17NO4/c1-2-3-5-7(10)9(13)8(12)6(4-11)14-5/h2,5-9,11-13H,1,3-4,10H2/t5-,6?,7?,8?,9?/m1/s1. The molecule has 0 radical (unpaired) electrons. The van der Waals surface area contributed by atoms with Crippen molar-refractivity contribution in [3.05, 3.63) is 12.7 Å². The van der Waals surface area contributed by atoms with Gasteiger partial charge in [0.2, 0.25) is 0 Å². The summed E-state index contributed by atoms with van der Waals surface area (Å²) in [5, 5.41) is 27.9. The summed E-state index contributed by atoms with van der Waals surface area (Å²) >= 11 is 0. The Labute approximate surface area is 82.8 Å². The normalized spacial score (nSPS) is 43.6. The quantitative estimate of drug-likeness (QED) is 0.413. The van der Waals surface area contributed by atoms with Crippen LogP contribution in [-0.2, 0) is 4.74 Å². The first-order valence-electron chi connectivity index (χ1n) is 4.60. The van der Waals surface area contributed by atoms with Crippen LogP contribution in [0.5, 0.6) is 0 Å². The summed E-state index contributed by atoms with van der Waals surface area (Å²) in [4.78, 5) is 0. The van der Waals surface area contributed by atoms with E-state index in [-0.39, 0.29) is 6.61 Å². The van der Waals surface area contributed by atoms with E-state index in [9.17, 15) is 10.2 Å². The summed E-state index contributed by atoms with van der Waals surface area (Å²) < 4.78 is 5.31.